The fourth-order valence-electron chi connectivity index (χ4n) is 4.31. The Labute approximate surface area is 179 Å². The lowest BCUT2D eigenvalue weighted by Gasteiger charge is -2.20. The highest BCUT2D eigenvalue weighted by Gasteiger charge is 2.37. The van der Waals surface area contributed by atoms with Gasteiger partial charge in [-0.2, -0.15) is 0 Å². The van der Waals surface area contributed by atoms with Crippen LogP contribution in [0.5, 0.6) is 5.88 Å². The first-order valence-electron chi connectivity index (χ1n) is 10.2. The zero-order valence-electron chi connectivity index (χ0n) is 16.9. The molecule has 1 aliphatic heterocycles. The maximum Gasteiger partial charge on any atom is 0.231 e. The number of ether oxygens (including phenoxy) is 1. The predicted octanol–water partition coefficient (Wildman–Crippen LogP) is 4.58. The monoisotopic (exact) mass is 427 g/mol. The molecule has 0 amide bonds. The number of nitrogens with zero attached hydrogens (tertiary/aromatic N) is 5. The number of methoxy groups -OCH3 is 1. The van der Waals surface area contributed by atoms with Crippen molar-refractivity contribution in [2.45, 2.75) is 31.6 Å². The first kappa shape index (κ1) is 19.3. The van der Waals surface area contributed by atoms with E-state index in [1.165, 1.54) is 12.1 Å². The van der Waals surface area contributed by atoms with Crippen molar-refractivity contribution >= 4 is 17.5 Å². The van der Waals surface area contributed by atoms with E-state index < -0.39 is 0 Å². The molecule has 0 N–H and O–H groups in total. The second-order valence-corrected chi connectivity index (χ2v) is 8.59. The minimum Gasteiger partial charge on any atom is -0.481 e. The van der Waals surface area contributed by atoms with E-state index in [-0.39, 0.29) is 11.7 Å². The Bertz CT molecular complexity index is 1070. The largest absolute Gasteiger partial charge is 0.481 e. The van der Waals surface area contributed by atoms with E-state index in [2.05, 4.69) is 31.6 Å². The van der Waals surface area contributed by atoms with Crippen molar-refractivity contribution < 1.29 is 9.13 Å². The summed E-state index contributed by atoms with van der Waals surface area (Å²) in [7, 11) is 1.61. The molecular formula is C22H23ClFN5O. The molecule has 2 atom stereocenters. The van der Waals surface area contributed by atoms with Gasteiger partial charge in [-0.05, 0) is 42.5 Å². The topological polar surface area (TPSA) is 56.1 Å². The number of rotatable bonds is 5. The van der Waals surface area contributed by atoms with Crippen LogP contribution < -0.4 is 9.64 Å². The SMILES string of the molecule is COc1ccc(-n2c(C3CC3)nnc2N2CC(c3ccc(F)cc3Cl)[C@@H](C)C2)cn1. The van der Waals surface area contributed by atoms with Crippen molar-refractivity contribution in [2.24, 2.45) is 5.92 Å². The normalized spacial score (nSPS) is 21.3. The lowest BCUT2D eigenvalue weighted by atomic mass is 9.90. The molecule has 1 aliphatic carbocycles. The van der Waals surface area contributed by atoms with Crippen LogP contribution in [0.4, 0.5) is 10.3 Å². The summed E-state index contributed by atoms with van der Waals surface area (Å²) < 4.78 is 20.8. The van der Waals surface area contributed by atoms with Gasteiger partial charge in [0, 0.05) is 36.0 Å². The average molecular weight is 428 g/mol. The second-order valence-electron chi connectivity index (χ2n) is 8.18. The summed E-state index contributed by atoms with van der Waals surface area (Å²) >= 11 is 6.37. The molecule has 2 fully saturated rings. The molecule has 156 valence electrons. The van der Waals surface area contributed by atoms with Gasteiger partial charge in [-0.15, -0.1) is 10.2 Å². The number of halogens is 2. The summed E-state index contributed by atoms with van der Waals surface area (Å²) in [6.45, 7) is 3.77. The molecule has 30 heavy (non-hydrogen) atoms. The standard InChI is InChI=1S/C22H23ClFN5O/c1-13-11-28(12-18(13)17-7-5-15(24)9-19(17)23)22-27-26-21(14-3-4-14)29(22)16-6-8-20(30-2)25-10-16/h5-10,13-14,18H,3-4,11-12H2,1-2H3/t13-,18?/m0/s1. The summed E-state index contributed by atoms with van der Waals surface area (Å²) in [6, 6.07) is 8.51. The number of anilines is 1. The van der Waals surface area contributed by atoms with Gasteiger partial charge in [-0.1, -0.05) is 24.6 Å². The Hall–Kier alpha value is -2.67. The van der Waals surface area contributed by atoms with E-state index >= 15 is 0 Å². The summed E-state index contributed by atoms with van der Waals surface area (Å²) in [5.41, 5.74) is 1.90. The summed E-state index contributed by atoms with van der Waals surface area (Å²) in [6.07, 6.45) is 4.06. The molecule has 1 saturated heterocycles. The maximum atomic E-state index is 13.5. The van der Waals surface area contributed by atoms with E-state index in [1.54, 1.807) is 19.4 Å². The first-order chi connectivity index (χ1) is 14.5. The van der Waals surface area contributed by atoms with E-state index in [0.717, 1.165) is 49.0 Å². The number of pyridine rings is 1. The summed E-state index contributed by atoms with van der Waals surface area (Å²) in [4.78, 5) is 6.62. The van der Waals surface area contributed by atoms with Gasteiger partial charge in [0.15, 0.2) is 0 Å². The minimum absolute atomic E-state index is 0.196. The smallest absolute Gasteiger partial charge is 0.231 e. The van der Waals surface area contributed by atoms with Crippen LogP contribution in [0.1, 0.15) is 43.0 Å². The van der Waals surface area contributed by atoms with Gasteiger partial charge in [0.1, 0.15) is 11.6 Å². The van der Waals surface area contributed by atoms with Gasteiger partial charge >= 0.3 is 0 Å². The molecule has 3 heterocycles. The average Bonchev–Trinajstić information content (AvgIpc) is 3.38. The highest BCUT2D eigenvalue weighted by atomic mass is 35.5. The Balaban J connectivity index is 1.50. The van der Waals surface area contributed by atoms with Crippen LogP contribution in [0.2, 0.25) is 5.02 Å². The summed E-state index contributed by atoms with van der Waals surface area (Å²) in [5, 5.41) is 9.57. The van der Waals surface area contributed by atoms with Crippen LogP contribution in [0.25, 0.3) is 5.69 Å². The van der Waals surface area contributed by atoms with Crippen molar-refractivity contribution in [3.63, 3.8) is 0 Å². The van der Waals surface area contributed by atoms with Crippen LogP contribution in [0, 0.1) is 11.7 Å². The highest BCUT2D eigenvalue weighted by Crippen LogP contribution is 2.43. The molecule has 8 heteroatoms. The van der Waals surface area contributed by atoms with Crippen LogP contribution in [0.15, 0.2) is 36.5 Å². The summed E-state index contributed by atoms with van der Waals surface area (Å²) in [5.74, 6) is 3.03. The fourth-order valence-corrected chi connectivity index (χ4v) is 4.62. The number of benzene rings is 1. The van der Waals surface area contributed by atoms with Gasteiger partial charge in [0.2, 0.25) is 11.8 Å². The Morgan fingerprint density at radius 1 is 1.13 bits per heavy atom. The maximum absolute atomic E-state index is 13.5. The van der Waals surface area contributed by atoms with Gasteiger partial charge in [0.25, 0.3) is 0 Å². The molecule has 0 bridgehead atoms. The lowest BCUT2D eigenvalue weighted by molar-refractivity contribution is 0.398. The highest BCUT2D eigenvalue weighted by molar-refractivity contribution is 6.31. The van der Waals surface area contributed by atoms with Crippen LogP contribution in [0.3, 0.4) is 0 Å². The van der Waals surface area contributed by atoms with E-state index in [4.69, 9.17) is 16.3 Å². The molecule has 2 aliphatic rings. The predicted molar refractivity (Wildman–Crippen MR) is 113 cm³/mol. The van der Waals surface area contributed by atoms with Crippen LogP contribution in [-0.2, 0) is 0 Å². The molecule has 0 spiro atoms. The third-order valence-electron chi connectivity index (χ3n) is 6.06. The van der Waals surface area contributed by atoms with E-state index in [1.807, 2.05) is 12.1 Å². The van der Waals surface area contributed by atoms with E-state index in [0.29, 0.717) is 22.7 Å². The second kappa shape index (κ2) is 7.54. The number of hydrogen-bond acceptors (Lipinski definition) is 5. The molecule has 3 aromatic rings. The molecule has 0 radical (unpaired) electrons. The van der Waals surface area contributed by atoms with Gasteiger partial charge in [-0.3, -0.25) is 4.57 Å². The van der Waals surface area contributed by atoms with E-state index in [9.17, 15) is 4.39 Å². The van der Waals surface area contributed by atoms with Crippen LogP contribution in [-0.4, -0.2) is 39.9 Å². The molecule has 1 aromatic carbocycles. The molecule has 5 rings (SSSR count). The Morgan fingerprint density at radius 2 is 1.97 bits per heavy atom. The minimum atomic E-state index is -0.313. The number of aromatic nitrogens is 4. The first-order valence-corrected chi connectivity index (χ1v) is 10.6. The van der Waals surface area contributed by atoms with Crippen molar-refractivity contribution in [2.75, 3.05) is 25.1 Å². The third-order valence-corrected chi connectivity index (χ3v) is 6.39. The van der Waals surface area contributed by atoms with Crippen molar-refractivity contribution in [1.82, 2.24) is 19.7 Å². The molecular weight excluding hydrogens is 405 g/mol. The van der Waals surface area contributed by atoms with Crippen molar-refractivity contribution in [1.29, 1.82) is 0 Å². The molecule has 1 unspecified atom stereocenters. The molecule has 1 saturated carbocycles. The number of hydrogen-bond donors (Lipinski definition) is 0. The Morgan fingerprint density at radius 3 is 2.63 bits per heavy atom. The van der Waals surface area contributed by atoms with Crippen LogP contribution >= 0.6 is 11.6 Å². The zero-order chi connectivity index (χ0) is 20.8. The van der Waals surface area contributed by atoms with Crippen molar-refractivity contribution in [3.8, 4) is 11.6 Å². The molecule has 6 nitrogen and oxygen atoms in total. The van der Waals surface area contributed by atoms with Gasteiger partial charge < -0.3 is 9.64 Å². The quantitative estimate of drug-likeness (QED) is 0.596. The van der Waals surface area contributed by atoms with Gasteiger partial charge in [0.05, 0.1) is 19.0 Å². The Kier molecular flexibility index (Phi) is 4.85. The fraction of sp³-hybridized carbons (Fsp3) is 0.409. The third kappa shape index (κ3) is 3.41. The zero-order valence-corrected chi connectivity index (χ0v) is 17.7. The van der Waals surface area contributed by atoms with Gasteiger partial charge in [-0.25, -0.2) is 9.37 Å². The van der Waals surface area contributed by atoms with Crippen molar-refractivity contribution in [3.05, 3.63) is 58.8 Å². The molecule has 2 aromatic heterocycles. The lowest BCUT2D eigenvalue weighted by Crippen LogP contribution is -2.24.